The molecule has 0 radical (unpaired) electrons. The molecule has 0 bridgehead atoms. The Morgan fingerprint density at radius 2 is 1.90 bits per heavy atom. The lowest BCUT2D eigenvalue weighted by molar-refractivity contribution is -0.118. The second kappa shape index (κ2) is 9.37. The average molecular weight is 408 g/mol. The second-order valence-electron chi connectivity index (χ2n) is 6.87. The van der Waals surface area contributed by atoms with Crippen molar-refractivity contribution >= 4 is 24.0 Å². The van der Waals surface area contributed by atoms with E-state index in [-0.39, 0.29) is 24.4 Å². The molecule has 1 aromatic heterocycles. The number of hydrogen-bond acceptors (Lipinski definition) is 4. The Balaban J connectivity index is 0.00000240. The van der Waals surface area contributed by atoms with E-state index in [1.807, 2.05) is 65.7 Å². The summed E-state index contributed by atoms with van der Waals surface area (Å²) >= 11 is 0. The SMILES string of the molecule is Cl.N#Cc1ccc(Cn2cncc2CN[C@@H]2CCN(c3ccccc3)C2=O)cc1. The van der Waals surface area contributed by atoms with E-state index in [1.165, 1.54) is 0 Å². The number of aromatic nitrogens is 2. The molecule has 0 spiro atoms. The number of hydrogen-bond donors (Lipinski definition) is 1. The predicted molar refractivity (Wildman–Crippen MR) is 114 cm³/mol. The van der Waals surface area contributed by atoms with E-state index in [2.05, 4.69) is 20.9 Å². The number of nitrogens with one attached hydrogen (secondary N) is 1. The number of nitrogens with zero attached hydrogens (tertiary/aromatic N) is 4. The molecule has 1 N–H and O–H groups in total. The van der Waals surface area contributed by atoms with Crippen molar-refractivity contribution in [2.75, 3.05) is 11.4 Å². The molecular weight excluding hydrogens is 386 g/mol. The van der Waals surface area contributed by atoms with Crippen LogP contribution < -0.4 is 10.2 Å². The maximum absolute atomic E-state index is 12.7. The zero-order chi connectivity index (χ0) is 19.3. The molecule has 0 aliphatic carbocycles. The van der Waals surface area contributed by atoms with Gasteiger partial charge in [-0.3, -0.25) is 4.79 Å². The number of para-hydroxylation sites is 1. The first-order valence-electron chi connectivity index (χ1n) is 9.32. The molecule has 148 valence electrons. The third-order valence-corrected chi connectivity index (χ3v) is 5.04. The van der Waals surface area contributed by atoms with E-state index in [1.54, 1.807) is 6.33 Å². The number of amides is 1. The lowest BCUT2D eigenvalue weighted by Crippen LogP contribution is -2.38. The first-order chi connectivity index (χ1) is 13.7. The molecule has 3 aromatic rings. The van der Waals surface area contributed by atoms with Gasteiger partial charge in [-0.25, -0.2) is 4.98 Å². The van der Waals surface area contributed by atoms with Crippen LogP contribution >= 0.6 is 12.4 Å². The fourth-order valence-corrected chi connectivity index (χ4v) is 3.48. The monoisotopic (exact) mass is 407 g/mol. The Hall–Kier alpha value is -3.14. The summed E-state index contributed by atoms with van der Waals surface area (Å²) in [5.74, 6) is 0.115. The second-order valence-corrected chi connectivity index (χ2v) is 6.87. The minimum Gasteiger partial charge on any atom is -0.329 e. The summed E-state index contributed by atoms with van der Waals surface area (Å²) in [6, 6.07) is 19.3. The number of imidazole rings is 1. The Labute approximate surface area is 176 Å². The number of halogens is 1. The molecule has 0 unspecified atom stereocenters. The van der Waals surface area contributed by atoms with Gasteiger partial charge in [-0.15, -0.1) is 12.4 Å². The van der Waals surface area contributed by atoms with Crippen molar-refractivity contribution in [1.82, 2.24) is 14.9 Å². The molecule has 1 aliphatic rings. The fraction of sp³-hybridized carbons (Fsp3) is 0.227. The van der Waals surface area contributed by atoms with Crippen LogP contribution in [-0.4, -0.2) is 28.0 Å². The van der Waals surface area contributed by atoms with Crippen LogP contribution in [0.4, 0.5) is 5.69 Å². The van der Waals surface area contributed by atoms with Crippen LogP contribution in [0.15, 0.2) is 67.1 Å². The molecule has 0 saturated carbocycles. The fourth-order valence-electron chi connectivity index (χ4n) is 3.48. The maximum atomic E-state index is 12.7. The largest absolute Gasteiger partial charge is 0.329 e. The number of anilines is 1. The van der Waals surface area contributed by atoms with Gasteiger partial charge in [0.1, 0.15) is 0 Å². The molecule has 1 saturated heterocycles. The van der Waals surface area contributed by atoms with Gasteiger partial charge in [0.15, 0.2) is 0 Å². The summed E-state index contributed by atoms with van der Waals surface area (Å²) in [6.07, 6.45) is 4.41. The lowest BCUT2D eigenvalue weighted by atomic mass is 10.1. The highest BCUT2D eigenvalue weighted by Gasteiger charge is 2.32. The van der Waals surface area contributed by atoms with Crippen LogP contribution in [0.25, 0.3) is 0 Å². The van der Waals surface area contributed by atoms with Gasteiger partial charge in [0, 0.05) is 31.5 Å². The molecule has 2 aromatic carbocycles. The van der Waals surface area contributed by atoms with Gasteiger partial charge in [-0.1, -0.05) is 30.3 Å². The highest BCUT2D eigenvalue weighted by molar-refractivity contribution is 5.99. The highest BCUT2D eigenvalue weighted by Crippen LogP contribution is 2.21. The van der Waals surface area contributed by atoms with Gasteiger partial charge in [-0.05, 0) is 36.2 Å². The van der Waals surface area contributed by atoms with E-state index in [9.17, 15) is 4.79 Å². The van der Waals surface area contributed by atoms with Gasteiger partial charge in [0.2, 0.25) is 5.91 Å². The van der Waals surface area contributed by atoms with E-state index >= 15 is 0 Å². The lowest BCUT2D eigenvalue weighted by Gasteiger charge is -2.17. The van der Waals surface area contributed by atoms with Gasteiger partial charge in [0.25, 0.3) is 0 Å². The Morgan fingerprint density at radius 1 is 1.14 bits per heavy atom. The summed E-state index contributed by atoms with van der Waals surface area (Å²) in [5, 5.41) is 12.3. The minimum absolute atomic E-state index is 0. The van der Waals surface area contributed by atoms with E-state index in [4.69, 9.17) is 5.26 Å². The zero-order valence-electron chi connectivity index (χ0n) is 15.9. The molecule has 1 amide bonds. The molecule has 2 heterocycles. The minimum atomic E-state index is -0.182. The summed E-state index contributed by atoms with van der Waals surface area (Å²) in [7, 11) is 0. The molecular formula is C22H22ClN5O. The average Bonchev–Trinajstić information content (AvgIpc) is 3.33. The van der Waals surface area contributed by atoms with E-state index in [0.717, 1.165) is 29.9 Å². The van der Waals surface area contributed by atoms with Crippen molar-refractivity contribution in [1.29, 1.82) is 5.26 Å². The number of carbonyl (C=O) groups excluding carboxylic acids is 1. The topological polar surface area (TPSA) is 74.0 Å². The first kappa shape index (κ1) is 20.6. The Morgan fingerprint density at radius 3 is 2.62 bits per heavy atom. The van der Waals surface area contributed by atoms with E-state index in [0.29, 0.717) is 18.7 Å². The summed E-state index contributed by atoms with van der Waals surface area (Å²) in [4.78, 5) is 18.8. The molecule has 4 rings (SSSR count). The number of carbonyl (C=O) groups is 1. The summed E-state index contributed by atoms with van der Waals surface area (Å²) in [6.45, 7) is 1.98. The molecule has 6 nitrogen and oxygen atoms in total. The zero-order valence-corrected chi connectivity index (χ0v) is 16.7. The first-order valence-corrected chi connectivity index (χ1v) is 9.32. The third kappa shape index (κ3) is 4.65. The molecule has 1 atom stereocenters. The number of benzene rings is 2. The molecule has 1 aliphatic heterocycles. The van der Waals surface area contributed by atoms with Crippen molar-refractivity contribution in [3.05, 3.63) is 83.9 Å². The molecule has 29 heavy (non-hydrogen) atoms. The van der Waals surface area contributed by atoms with Crippen LogP contribution in [0.2, 0.25) is 0 Å². The normalized spacial score (nSPS) is 15.8. The van der Waals surface area contributed by atoms with Crippen LogP contribution in [0, 0.1) is 11.3 Å². The van der Waals surface area contributed by atoms with Gasteiger partial charge >= 0.3 is 0 Å². The molecule has 7 heteroatoms. The predicted octanol–water partition coefficient (Wildman–Crippen LogP) is 3.12. The number of rotatable bonds is 6. The summed E-state index contributed by atoms with van der Waals surface area (Å²) in [5.41, 5.74) is 3.72. The van der Waals surface area contributed by atoms with Crippen LogP contribution in [0.3, 0.4) is 0 Å². The van der Waals surface area contributed by atoms with E-state index < -0.39 is 0 Å². The number of nitriles is 1. The van der Waals surface area contributed by atoms with Crippen molar-refractivity contribution < 1.29 is 4.79 Å². The van der Waals surface area contributed by atoms with Gasteiger partial charge in [0.05, 0.1) is 29.7 Å². The van der Waals surface area contributed by atoms with Gasteiger partial charge < -0.3 is 14.8 Å². The smallest absolute Gasteiger partial charge is 0.244 e. The van der Waals surface area contributed by atoms with Crippen molar-refractivity contribution in [2.45, 2.75) is 25.6 Å². The van der Waals surface area contributed by atoms with Crippen molar-refractivity contribution in [3.8, 4) is 6.07 Å². The maximum Gasteiger partial charge on any atom is 0.244 e. The van der Waals surface area contributed by atoms with Crippen LogP contribution in [0.5, 0.6) is 0 Å². The molecule has 1 fully saturated rings. The van der Waals surface area contributed by atoms with Crippen molar-refractivity contribution in [2.24, 2.45) is 0 Å². The van der Waals surface area contributed by atoms with Gasteiger partial charge in [-0.2, -0.15) is 5.26 Å². The Bertz CT molecular complexity index is 994. The third-order valence-electron chi connectivity index (χ3n) is 5.04. The highest BCUT2D eigenvalue weighted by atomic mass is 35.5. The van der Waals surface area contributed by atoms with Crippen molar-refractivity contribution in [3.63, 3.8) is 0 Å². The van der Waals surface area contributed by atoms with Crippen LogP contribution in [-0.2, 0) is 17.9 Å². The summed E-state index contributed by atoms with van der Waals surface area (Å²) < 4.78 is 2.06. The van der Waals surface area contributed by atoms with Crippen LogP contribution in [0.1, 0.15) is 23.2 Å². The Kier molecular flexibility index (Phi) is 6.65. The quantitative estimate of drug-likeness (QED) is 0.681. The standard InChI is InChI=1S/C22H21N5O.ClH/c23-12-17-6-8-18(9-7-17)15-26-16-24-13-20(26)14-25-21-10-11-27(22(21)28)19-4-2-1-3-5-19;/h1-9,13,16,21,25H,10-11,14-15H2;1H/t21-;/m1./s1.